The van der Waals surface area contributed by atoms with Crippen LogP contribution in [-0.4, -0.2) is 21.0 Å². The Morgan fingerprint density at radius 1 is 1.15 bits per heavy atom. The van der Waals surface area contributed by atoms with Gasteiger partial charge >= 0.3 is 0 Å². The second-order valence-corrected chi connectivity index (χ2v) is 3.93. The zero-order valence-corrected chi connectivity index (χ0v) is 10.1. The monoisotopic (exact) mass is 274 g/mol. The van der Waals surface area contributed by atoms with Gasteiger partial charge in [0.25, 0.3) is 11.6 Å². The normalized spacial score (nSPS) is 10.0. The minimum Gasteiger partial charge on any atom is -0.508 e. The second kappa shape index (κ2) is 5.27. The first-order chi connectivity index (χ1) is 9.49. The van der Waals surface area contributed by atoms with Crippen molar-refractivity contribution < 1.29 is 19.9 Å². The quantitative estimate of drug-likeness (QED) is 0.451. The van der Waals surface area contributed by atoms with Crippen molar-refractivity contribution in [3.8, 4) is 11.5 Å². The zero-order chi connectivity index (χ0) is 14.7. The fourth-order valence-electron chi connectivity index (χ4n) is 1.63. The molecule has 0 aliphatic heterocycles. The number of benzene rings is 2. The summed E-state index contributed by atoms with van der Waals surface area (Å²) in [5.74, 6) is -1.19. The van der Waals surface area contributed by atoms with E-state index in [9.17, 15) is 25.1 Å². The molecule has 2 rings (SSSR count). The van der Waals surface area contributed by atoms with Crippen LogP contribution in [-0.2, 0) is 0 Å². The van der Waals surface area contributed by atoms with Crippen LogP contribution >= 0.6 is 0 Å². The highest BCUT2D eigenvalue weighted by Gasteiger charge is 2.18. The molecule has 0 atom stereocenters. The number of nitro groups is 1. The number of rotatable bonds is 3. The number of hydrogen-bond donors (Lipinski definition) is 3. The molecule has 0 aliphatic carbocycles. The van der Waals surface area contributed by atoms with Gasteiger partial charge in [-0.25, -0.2) is 0 Å². The molecule has 102 valence electrons. The summed E-state index contributed by atoms with van der Waals surface area (Å²) in [7, 11) is 0. The van der Waals surface area contributed by atoms with Crippen LogP contribution in [0.1, 0.15) is 10.4 Å². The van der Waals surface area contributed by atoms with Gasteiger partial charge in [-0.1, -0.05) is 12.1 Å². The Kier molecular flexibility index (Phi) is 3.52. The Morgan fingerprint density at radius 2 is 1.85 bits per heavy atom. The predicted octanol–water partition coefficient (Wildman–Crippen LogP) is 2.26. The minimum absolute atomic E-state index is 0.00475. The van der Waals surface area contributed by atoms with Crippen LogP contribution in [0.15, 0.2) is 42.5 Å². The van der Waals surface area contributed by atoms with E-state index in [2.05, 4.69) is 5.32 Å². The van der Waals surface area contributed by atoms with Gasteiger partial charge in [-0.15, -0.1) is 0 Å². The largest absolute Gasteiger partial charge is 0.508 e. The molecule has 7 nitrogen and oxygen atoms in total. The van der Waals surface area contributed by atoms with Gasteiger partial charge in [0, 0.05) is 0 Å². The Morgan fingerprint density at radius 3 is 2.50 bits per heavy atom. The molecule has 0 aromatic heterocycles. The van der Waals surface area contributed by atoms with E-state index in [1.54, 1.807) is 12.1 Å². The number of aromatic hydroxyl groups is 2. The van der Waals surface area contributed by atoms with Crippen LogP contribution < -0.4 is 5.32 Å². The van der Waals surface area contributed by atoms with Crippen LogP contribution in [0, 0.1) is 10.1 Å². The zero-order valence-electron chi connectivity index (χ0n) is 10.1. The van der Waals surface area contributed by atoms with Gasteiger partial charge in [0.2, 0.25) is 0 Å². The van der Waals surface area contributed by atoms with E-state index in [1.165, 1.54) is 24.3 Å². The average Bonchev–Trinajstić information content (AvgIpc) is 2.41. The van der Waals surface area contributed by atoms with Gasteiger partial charge in [-0.05, 0) is 24.3 Å². The Bertz CT molecular complexity index is 684. The summed E-state index contributed by atoms with van der Waals surface area (Å²) in [6.45, 7) is 0. The van der Waals surface area contributed by atoms with E-state index in [-0.39, 0.29) is 22.7 Å². The topological polar surface area (TPSA) is 113 Å². The maximum atomic E-state index is 11.9. The number of nitrogens with one attached hydrogen (secondary N) is 1. The molecule has 0 saturated heterocycles. The predicted molar refractivity (Wildman–Crippen MR) is 70.8 cm³/mol. The third-order valence-corrected chi connectivity index (χ3v) is 2.57. The number of phenolic OH excluding ortho intramolecular Hbond substituents is 2. The van der Waals surface area contributed by atoms with Crippen molar-refractivity contribution in [2.45, 2.75) is 0 Å². The van der Waals surface area contributed by atoms with Gasteiger partial charge in [0.15, 0.2) is 0 Å². The molecule has 1 amide bonds. The number of hydrogen-bond acceptors (Lipinski definition) is 5. The van der Waals surface area contributed by atoms with Gasteiger partial charge in [-0.3, -0.25) is 14.9 Å². The molecular weight excluding hydrogens is 264 g/mol. The Hall–Kier alpha value is -3.09. The van der Waals surface area contributed by atoms with Crippen molar-refractivity contribution in [1.82, 2.24) is 0 Å². The highest BCUT2D eigenvalue weighted by molar-refractivity contribution is 6.07. The third kappa shape index (κ3) is 2.66. The van der Waals surface area contributed by atoms with E-state index >= 15 is 0 Å². The lowest BCUT2D eigenvalue weighted by atomic mass is 10.1. The van der Waals surface area contributed by atoms with Crippen molar-refractivity contribution in [3.05, 3.63) is 58.1 Å². The molecule has 0 aliphatic rings. The van der Waals surface area contributed by atoms with E-state index in [1.807, 2.05) is 0 Å². The summed E-state index contributed by atoms with van der Waals surface area (Å²) in [4.78, 5) is 22.1. The van der Waals surface area contributed by atoms with E-state index in [0.717, 1.165) is 6.07 Å². The number of amides is 1. The molecule has 0 bridgehead atoms. The van der Waals surface area contributed by atoms with Crippen molar-refractivity contribution in [1.29, 1.82) is 0 Å². The van der Waals surface area contributed by atoms with Gasteiger partial charge in [-0.2, -0.15) is 0 Å². The molecule has 3 N–H and O–H groups in total. The molecule has 0 saturated carbocycles. The lowest BCUT2D eigenvalue weighted by Crippen LogP contribution is -2.13. The summed E-state index contributed by atoms with van der Waals surface area (Å²) in [5, 5.41) is 31.9. The first-order valence-electron chi connectivity index (χ1n) is 5.56. The number of para-hydroxylation sites is 1. The standard InChI is InChI=1S/C13H10N2O5/c16-8-5-6-10(11(7-8)15(19)20)14-13(18)9-3-1-2-4-12(9)17/h1-7,16-17H,(H,14,18). The van der Waals surface area contributed by atoms with Crippen LogP contribution in [0.2, 0.25) is 0 Å². The highest BCUT2D eigenvalue weighted by Crippen LogP contribution is 2.29. The van der Waals surface area contributed by atoms with E-state index in [4.69, 9.17) is 0 Å². The fourth-order valence-corrected chi connectivity index (χ4v) is 1.63. The molecular formula is C13H10N2O5. The number of nitrogens with zero attached hydrogens (tertiary/aromatic N) is 1. The second-order valence-electron chi connectivity index (χ2n) is 3.93. The molecule has 2 aromatic carbocycles. The maximum Gasteiger partial charge on any atom is 0.296 e. The van der Waals surface area contributed by atoms with Crippen LogP contribution in [0.5, 0.6) is 11.5 Å². The molecule has 0 radical (unpaired) electrons. The molecule has 20 heavy (non-hydrogen) atoms. The number of nitro benzene ring substituents is 1. The highest BCUT2D eigenvalue weighted by atomic mass is 16.6. The van der Waals surface area contributed by atoms with E-state index in [0.29, 0.717) is 0 Å². The smallest absolute Gasteiger partial charge is 0.296 e. The van der Waals surface area contributed by atoms with Crippen LogP contribution in [0.25, 0.3) is 0 Å². The number of carbonyl (C=O) groups is 1. The third-order valence-electron chi connectivity index (χ3n) is 2.57. The van der Waals surface area contributed by atoms with Gasteiger partial charge < -0.3 is 15.5 Å². The first-order valence-corrected chi connectivity index (χ1v) is 5.56. The molecule has 7 heteroatoms. The average molecular weight is 274 g/mol. The minimum atomic E-state index is -0.722. The molecule has 0 spiro atoms. The van der Waals surface area contributed by atoms with Crippen molar-refractivity contribution >= 4 is 17.3 Å². The van der Waals surface area contributed by atoms with Crippen LogP contribution in [0.3, 0.4) is 0 Å². The van der Waals surface area contributed by atoms with Crippen molar-refractivity contribution in [3.63, 3.8) is 0 Å². The first kappa shape index (κ1) is 13.3. The van der Waals surface area contributed by atoms with Crippen molar-refractivity contribution in [2.75, 3.05) is 5.32 Å². The van der Waals surface area contributed by atoms with Crippen LogP contribution in [0.4, 0.5) is 11.4 Å². The lowest BCUT2D eigenvalue weighted by molar-refractivity contribution is -0.384. The SMILES string of the molecule is O=C(Nc1ccc(O)cc1[N+](=O)[O-])c1ccccc1O. The Balaban J connectivity index is 2.33. The fraction of sp³-hybridized carbons (Fsp3) is 0. The summed E-state index contributed by atoms with van der Waals surface area (Å²) >= 11 is 0. The number of anilines is 1. The molecule has 0 fully saturated rings. The summed E-state index contributed by atoms with van der Waals surface area (Å²) in [5.41, 5.74) is -0.510. The summed E-state index contributed by atoms with van der Waals surface area (Å²) in [6.07, 6.45) is 0. The van der Waals surface area contributed by atoms with Gasteiger partial charge in [0.1, 0.15) is 17.2 Å². The van der Waals surface area contributed by atoms with Crippen molar-refractivity contribution in [2.24, 2.45) is 0 Å². The number of carbonyl (C=O) groups excluding carboxylic acids is 1. The lowest BCUT2D eigenvalue weighted by Gasteiger charge is -2.07. The molecule has 0 heterocycles. The maximum absolute atomic E-state index is 11.9. The molecule has 2 aromatic rings. The molecule has 0 unspecified atom stereocenters. The summed E-state index contributed by atoms with van der Waals surface area (Å²) < 4.78 is 0. The number of phenols is 2. The van der Waals surface area contributed by atoms with Gasteiger partial charge in [0.05, 0.1) is 16.6 Å². The van der Waals surface area contributed by atoms with E-state index < -0.39 is 16.5 Å². The Labute approximate surface area is 113 Å². The summed E-state index contributed by atoms with van der Waals surface area (Å²) in [6, 6.07) is 9.19.